The Bertz CT molecular complexity index is 1150. The van der Waals surface area contributed by atoms with E-state index in [-0.39, 0.29) is 34.2 Å². The van der Waals surface area contributed by atoms with Crippen molar-refractivity contribution in [2.75, 3.05) is 33.7 Å². The Hall–Kier alpha value is -3.71. The second-order valence-electron chi connectivity index (χ2n) is 7.50. The van der Waals surface area contributed by atoms with Crippen molar-refractivity contribution in [1.29, 1.82) is 0 Å². The fourth-order valence-corrected chi connectivity index (χ4v) is 4.20. The molecule has 12 nitrogen and oxygen atoms in total. The number of benzene rings is 1. The number of nitrogens with one attached hydrogen (secondary N) is 1. The third-order valence-corrected chi connectivity index (χ3v) is 6.31. The van der Waals surface area contributed by atoms with Crippen molar-refractivity contribution in [3.05, 3.63) is 46.7 Å². The number of methoxy groups -OCH3 is 3. The Morgan fingerprint density at radius 3 is 2.24 bits per heavy atom. The first-order chi connectivity index (χ1) is 17.6. The lowest BCUT2D eigenvalue weighted by atomic mass is 10.1. The van der Waals surface area contributed by atoms with E-state index >= 15 is 0 Å². The first-order valence-corrected chi connectivity index (χ1v) is 12.0. The Morgan fingerprint density at radius 2 is 1.68 bits per heavy atom. The molecule has 0 saturated carbocycles. The molecule has 1 amide bonds. The van der Waals surface area contributed by atoms with Gasteiger partial charge in [0, 0.05) is 12.9 Å². The number of rotatable bonds is 10. The number of hydrogen-bond acceptors (Lipinski definition) is 12. The summed E-state index contributed by atoms with van der Waals surface area (Å²) < 4.78 is 25.2. The Kier molecular flexibility index (Phi) is 10.4. The summed E-state index contributed by atoms with van der Waals surface area (Å²) in [5, 5.41) is 2.27. The SMILES string of the molecule is CCOC(=O)[C@H](C)OC(=O)[C@](NC(=O)c1ccccc1C(=O)OC)(OC)C1=NC(C(=O)OC)=C(C)CS1. The summed E-state index contributed by atoms with van der Waals surface area (Å²) in [6.45, 7) is 4.57. The van der Waals surface area contributed by atoms with Crippen molar-refractivity contribution >= 4 is 46.6 Å². The van der Waals surface area contributed by atoms with Crippen LogP contribution in [-0.4, -0.2) is 80.3 Å². The first kappa shape index (κ1) is 29.5. The summed E-state index contributed by atoms with van der Waals surface area (Å²) in [4.78, 5) is 67.8. The largest absolute Gasteiger partial charge is 0.465 e. The van der Waals surface area contributed by atoms with E-state index in [9.17, 15) is 24.0 Å². The van der Waals surface area contributed by atoms with Crippen LogP contribution in [0.5, 0.6) is 0 Å². The van der Waals surface area contributed by atoms with Crippen LogP contribution in [0.25, 0.3) is 0 Å². The molecule has 1 heterocycles. The molecule has 1 N–H and O–H groups in total. The standard InChI is InChI=1S/C24H28N2O10S/c1-7-35-19(28)14(3)36-23(31)24(34-6,22-25-17(21(30)33-5)13(2)12-37-22)26-18(27)15-10-8-9-11-16(15)20(29)32-4/h8-11,14H,7,12H2,1-6H3,(H,26,27)/t14-,24+/m0/s1. The highest BCUT2D eigenvalue weighted by Crippen LogP contribution is 2.31. The molecule has 1 aromatic rings. The van der Waals surface area contributed by atoms with E-state index in [1.807, 2.05) is 0 Å². The lowest BCUT2D eigenvalue weighted by Crippen LogP contribution is -2.62. The van der Waals surface area contributed by atoms with Crippen LogP contribution in [0, 0.1) is 0 Å². The minimum absolute atomic E-state index is 0.0479. The maximum absolute atomic E-state index is 13.5. The summed E-state index contributed by atoms with van der Waals surface area (Å²) in [5.41, 5.74) is -2.16. The number of amides is 1. The van der Waals surface area contributed by atoms with Crippen LogP contribution >= 0.6 is 11.8 Å². The van der Waals surface area contributed by atoms with Crippen molar-refractivity contribution in [2.45, 2.75) is 32.6 Å². The van der Waals surface area contributed by atoms with E-state index in [1.54, 1.807) is 13.8 Å². The van der Waals surface area contributed by atoms with Gasteiger partial charge in [-0.05, 0) is 38.5 Å². The second-order valence-corrected chi connectivity index (χ2v) is 8.47. The van der Waals surface area contributed by atoms with E-state index in [0.717, 1.165) is 26.0 Å². The summed E-state index contributed by atoms with van der Waals surface area (Å²) in [6, 6.07) is 5.74. The third-order valence-electron chi connectivity index (χ3n) is 5.09. The average Bonchev–Trinajstić information content (AvgIpc) is 2.91. The highest BCUT2D eigenvalue weighted by Gasteiger charge is 2.50. The maximum atomic E-state index is 13.5. The molecular weight excluding hydrogens is 508 g/mol. The number of thioether (sulfide) groups is 1. The van der Waals surface area contributed by atoms with Gasteiger partial charge in [-0.1, -0.05) is 12.1 Å². The fourth-order valence-electron chi connectivity index (χ4n) is 3.13. The zero-order valence-corrected chi connectivity index (χ0v) is 22.1. The quantitative estimate of drug-likeness (QED) is 0.263. The minimum Gasteiger partial charge on any atom is -0.465 e. The van der Waals surface area contributed by atoms with Gasteiger partial charge in [0.2, 0.25) is 0 Å². The third kappa shape index (κ3) is 6.54. The lowest BCUT2D eigenvalue weighted by molar-refractivity contribution is -0.177. The molecular formula is C24H28N2O10S. The summed E-state index contributed by atoms with van der Waals surface area (Å²) in [7, 11) is 3.43. The molecule has 1 aromatic carbocycles. The van der Waals surface area contributed by atoms with Crippen LogP contribution in [0.15, 0.2) is 40.5 Å². The van der Waals surface area contributed by atoms with Crippen LogP contribution in [0.4, 0.5) is 0 Å². The van der Waals surface area contributed by atoms with Gasteiger partial charge in [0.1, 0.15) is 10.7 Å². The molecule has 37 heavy (non-hydrogen) atoms. The number of ether oxygens (including phenoxy) is 5. The van der Waals surface area contributed by atoms with Gasteiger partial charge < -0.3 is 29.0 Å². The zero-order chi connectivity index (χ0) is 27.8. The van der Waals surface area contributed by atoms with E-state index in [0.29, 0.717) is 5.57 Å². The smallest absolute Gasteiger partial charge is 0.368 e. The number of esters is 4. The average molecular weight is 537 g/mol. The normalized spacial score (nSPS) is 15.5. The van der Waals surface area contributed by atoms with Crippen LogP contribution in [0.1, 0.15) is 41.5 Å². The van der Waals surface area contributed by atoms with Crippen LogP contribution in [0.3, 0.4) is 0 Å². The van der Waals surface area contributed by atoms with Gasteiger partial charge in [0.05, 0.1) is 32.0 Å². The molecule has 13 heteroatoms. The molecule has 200 valence electrons. The first-order valence-electron chi connectivity index (χ1n) is 11.0. The van der Waals surface area contributed by atoms with Gasteiger partial charge in [-0.25, -0.2) is 24.2 Å². The topological polar surface area (TPSA) is 156 Å². The van der Waals surface area contributed by atoms with Crippen LogP contribution in [0.2, 0.25) is 0 Å². The Morgan fingerprint density at radius 1 is 1.05 bits per heavy atom. The van der Waals surface area contributed by atoms with E-state index in [1.165, 1.54) is 38.3 Å². The second kappa shape index (κ2) is 13.0. The number of hydrogen-bond donors (Lipinski definition) is 1. The van der Waals surface area contributed by atoms with Gasteiger partial charge in [0.25, 0.3) is 11.6 Å². The molecule has 2 atom stereocenters. The summed E-state index contributed by atoms with van der Waals surface area (Å²) in [6.07, 6.45) is -1.37. The van der Waals surface area contributed by atoms with Gasteiger partial charge in [-0.3, -0.25) is 4.79 Å². The fraction of sp³-hybridized carbons (Fsp3) is 0.417. The van der Waals surface area contributed by atoms with Crippen molar-refractivity contribution in [3.63, 3.8) is 0 Å². The Labute approximate surface area is 217 Å². The maximum Gasteiger partial charge on any atom is 0.368 e. The van der Waals surface area contributed by atoms with Crippen LogP contribution in [-0.2, 0) is 38.1 Å². The minimum atomic E-state index is -2.41. The highest BCUT2D eigenvalue weighted by molar-refractivity contribution is 8.14. The molecule has 0 aromatic heterocycles. The summed E-state index contributed by atoms with van der Waals surface area (Å²) in [5.74, 6) is -4.32. The molecule has 0 radical (unpaired) electrons. The Balaban J connectivity index is 2.62. The molecule has 0 fully saturated rings. The molecule has 0 unspecified atom stereocenters. The van der Waals surface area contributed by atoms with Gasteiger partial charge in [-0.15, -0.1) is 11.8 Å². The zero-order valence-electron chi connectivity index (χ0n) is 21.2. The van der Waals surface area contributed by atoms with Gasteiger partial charge >= 0.3 is 23.9 Å². The van der Waals surface area contributed by atoms with E-state index < -0.39 is 41.6 Å². The molecule has 0 spiro atoms. The lowest BCUT2D eigenvalue weighted by Gasteiger charge is -2.33. The van der Waals surface area contributed by atoms with Crippen molar-refractivity contribution in [2.24, 2.45) is 4.99 Å². The molecule has 0 saturated heterocycles. The number of nitrogens with zero attached hydrogens (tertiary/aromatic N) is 1. The molecule has 0 aliphatic carbocycles. The van der Waals surface area contributed by atoms with Gasteiger partial charge in [-0.2, -0.15) is 0 Å². The molecule has 0 bridgehead atoms. The molecule has 2 rings (SSSR count). The van der Waals surface area contributed by atoms with Crippen molar-refractivity contribution in [3.8, 4) is 0 Å². The predicted octanol–water partition coefficient (Wildman–Crippen LogP) is 1.63. The summed E-state index contributed by atoms with van der Waals surface area (Å²) >= 11 is 0.997. The van der Waals surface area contributed by atoms with Crippen molar-refractivity contribution in [1.82, 2.24) is 5.32 Å². The van der Waals surface area contributed by atoms with Crippen molar-refractivity contribution < 1.29 is 47.7 Å². The predicted molar refractivity (Wildman–Crippen MR) is 132 cm³/mol. The highest BCUT2D eigenvalue weighted by atomic mass is 32.2. The molecule has 1 aliphatic rings. The monoisotopic (exact) mass is 536 g/mol. The van der Waals surface area contributed by atoms with E-state index in [4.69, 9.17) is 23.7 Å². The number of carbonyl (C=O) groups is 5. The van der Waals surface area contributed by atoms with Crippen LogP contribution < -0.4 is 5.32 Å². The number of aliphatic imine (C=N–C) groups is 1. The molecule has 1 aliphatic heterocycles. The van der Waals surface area contributed by atoms with Gasteiger partial charge in [0.15, 0.2) is 6.10 Å². The number of carbonyl (C=O) groups excluding carboxylic acids is 5. The van der Waals surface area contributed by atoms with E-state index in [2.05, 4.69) is 10.3 Å².